The van der Waals surface area contributed by atoms with Crippen molar-refractivity contribution in [2.45, 2.75) is 25.9 Å². The number of carbonyl (C=O) groups is 1. The van der Waals surface area contributed by atoms with Gasteiger partial charge in [0.15, 0.2) is 0 Å². The first kappa shape index (κ1) is 14.4. The number of amides is 1. The minimum Gasteiger partial charge on any atom is -0.496 e. The van der Waals surface area contributed by atoms with Crippen LogP contribution in [-0.4, -0.2) is 31.0 Å². The number of hydrogen-bond donors (Lipinski definition) is 1. The molecule has 1 unspecified atom stereocenters. The van der Waals surface area contributed by atoms with Crippen molar-refractivity contribution < 1.29 is 13.9 Å². The predicted molar refractivity (Wildman–Crippen MR) is 67.7 cm³/mol. The van der Waals surface area contributed by atoms with Crippen molar-refractivity contribution in [1.29, 1.82) is 0 Å². The highest BCUT2D eigenvalue weighted by atomic mass is 19.1. The number of rotatable bonds is 6. The van der Waals surface area contributed by atoms with Gasteiger partial charge in [-0.25, -0.2) is 4.39 Å². The zero-order valence-electron chi connectivity index (χ0n) is 10.9. The first-order chi connectivity index (χ1) is 8.43. The Morgan fingerprint density at radius 2 is 2.22 bits per heavy atom. The molecule has 0 saturated heterocycles. The highest BCUT2D eigenvalue weighted by Gasteiger charge is 2.14. The molecule has 0 heterocycles. The third-order valence-electron chi connectivity index (χ3n) is 2.92. The van der Waals surface area contributed by atoms with E-state index >= 15 is 0 Å². The second kappa shape index (κ2) is 6.35. The van der Waals surface area contributed by atoms with E-state index in [0.29, 0.717) is 18.7 Å². The summed E-state index contributed by atoms with van der Waals surface area (Å²) in [5.41, 5.74) is 6.03. The van der Waals surface area contributed by atoms with E-state index in [2.05, 4.69) is 0 Å². The van der Waals surface area contributed by atoms with Gasteiger partial charge in [-0.05, 0) is 20.0 Å². The van der Waals surface area contributed by atoms with E-state index in [0.717, 1.165) is 5.56 Å². The Hall–Kier alpha value is -1.62. The standard InChI is InChI=1S/C13H19FN2O2/c1-9(6-13(15)17)16(2)8-10-4-5-11(14)7-12(10)18-3/h4-5,7,9H,6,8H2,1-3H3,(H2,15,17). The van der Waals surface area contributed by atoms with Gasteiger partial charge in [0, 0.05) is 30.6 Å². The summed E-state index contributed by atoms with van der Waals surface area (Å²) >= 11 is 0. The third-order valence-corrected chi connectivity index (χ3v) is 2.92. The lowest BCUT2D eigenvalue weighted by atomic mass is 10.1. The quantitative estimate of drug-likeness (QED) is 0.837. The van der Waals surface area contributed by atoms with Gasteiger partial charge in [-0.15, -0.1) is 0 Å². The van der Waals surface area contributed by atoms with Crippen LogP contribution >= 0.6 is 0 Å². The van der Waals surface area contributed by atoms with Crippen LogP contribution in [0.3, 0.4) is 0 Å². The van der Waals surface area contributed by atoms with Crippen molar-refractivity contribution in [3.63, 3.8) is 0 Å². The van der Waals surface area contributed by atoms with Crippen molar-refractivity contribution in [1.82, 2.24) is 4.90 Å². The van der Waals surface area contributed by atoms with Crippen LogP contribution in [0.15, 0.2) is 18.2 Å². The average Bonchev–Trinajstić information content (AvgIpc) is 2.30. The summed E-state index contributed by atoms with van der Waals surface area (Å²) in [7, 11) is 3.39. The van der Waals surface area contributed by atoms with Gasteiger partial charge in [0.1, 0.15) is 11.6 Å². The summed E-state index contributed by atoms with van der Waals surface area (Å²) in [5, 5.41) is 0. The van der Waals surface area contributed by atoms with Gasteiger partial charge in [0.2, 0.25) is 5.91 Å². The molecule has 0 bridgehead atoms. The molecule has 1 rings (SSSR count). The average molecular weight is 254 g/mol. The second-order valence-corrected chi connectivity index (χ2v) is 4.39. The molecule has 2 N–H and O–H groups in total. The number of carbonyl (C=O) groups excluding carboxylic acids is 1. The van der Waals surface area contributed by atoms with Crippen molar-refractivity contribution in [2.24, 2.45) is 5.73 Å². The van der Waals surface area contributed by atoms with Crippen molar-refractivity contribution in [2.75, 3.05) is 14.2 Å². The van der Waals surface area contributed by atoms with E-state index in [4.69, 9.17) is 10.5 Å². The lowest BCUT2D eigenvalue weighted by molar-refractivity contribution is -0.119. The molecule has 0 aromatic heterocycles. The molecule has 100 valence electrons. The fraction of sp³-hybridized carbons (Fsp3) is 0.462. The summed E-state index contributed by atoms with van der Waals surface area (Å²) in [6.45, 7) is 2.48. The van der Waals surface area contributed by atoms with Gasteiger partial charge in [-0.2, -0.15) is 0 Å². The van der Waals surface area contributed by atoms with Gasteiger partial charge >= 0.3 is 0 Å². The first-order valence-corrected chi connectivity index (χ1v) is 5.75. The normalized spacial score (nSPS) is 12.5. The van der Waals surface area contributed by atoms with Crippen LogP contribution in [0.25, 0.3) is 0 Å². The molecule has 18 heavy (non-hydrogen) atoms. The molecule has 0 radical (unpaired) electrons. The molecule has 1 atom stereocenters. The third kappa shape index (κ3) is 4.00. The zero-order chi connectivity index (χ0) is 13.7. The van der Waals surface area contributed by atoms with E-state index < -0.39 is 0 Å². The molecule has 5 heteroatoms. The lowest BCUT2D eigenvalue weighted by Gasteiger charge is -2.24. The number of methoxy groups -OCH3 is 1. The molecular weight excluding hydrogens is 235 g/mol. The SMILES string of the molecule is COc1cc(F)ccc1CN(C)C(C)CC(N)=O. The molecule has 0 spiro atoms. The smallest absolute Gasteiger partial charge is 0.218 e. The van der Waals surface area contributed by atoms with Crippen molar-refractivity contribution in [3.8, 4) is 5.75 Å². The van der Waals surface area contributed by atoms with Crippen LogP contribution in [0.4, 0.5) is 4.39 Å². The summed E-state index contributed by atoms with van der Waals surface area (Å²) in [6, 6.07) is 4.45. The Balaban J connectivity index is 2.74. The summed E-state index contributed by atoms with van der Waals surface area (Å²) in [5.74, 6) is -0.156. The Bertz CT molecular complexity index is 423. The van der Waals surface area contributed by atoms with Crippen molar-refractivity contribution >= 4 is 5.91 Å². The monoisotopic (exact) mass is 254 g/mol. The van der Waals surface area contributed by atoms with E-state index in [1.54, 1.807) is 6.07 Å². The van der Waals surface area contributed by atoms with E-state index in [1.165, 1.54) is 19.2 Å². The Morgan fingerprint density at radius 1 is 1.56 bits per heavy atom. The maximum atomic E-state index is 13.0. The minimum absolute atomic E-state index is 0.0252. The Kier molecular flexibility index (Phi) is 5.09. The molecule has 0 saturated carbocycles. The zero-order valence-corrected chi connectivity index (χ0v) is 10.9. The highest BCUT2D eigenvalue weighted by molar-refractivity contribution is 5.74. The predicted octanol–water partition coefficient (Wildman–Crippen LogP) is 1.53. The molecule has 1 aromatic carbocycles. The minimum atomic E-state index is -0.333. The van der Waals surface area contributed by atoms with Crippen LogP contribution in [0, 0.1) is 5.82 Å². The fourth-order valence-corrected chi connectivity index (χ4v) is 1.72. The second-order valence-electron chi connectivity index (χ2n) is 4.39. The van der Waals surface area contributed by atoms with Crippen LogP contribution in [0.5, 0.6) is 5.75 Å². The van der Waals surface area contributed by atoms with E-state index in [9.17, 15) is 9.18 Å². The molecule has 0 aliphatic rings. The maximum absolute atomic E-state index is 13.0. The maximum Gasteiger partial charge on any atom is 0.218 e. The van der Waals surface area contributed by atoms with Gasteiger partial charge in [-0.1, -0.05) is 6.07 Å². The number of nitrogens with zero attached hydrogens (tertiary/aromatic N) is 1. The summed E-state index contributed by atoms with van der Waals surface area (Å²) < 4.78 is 18.2. The van der Waals surface area contributed by atoms with Gasteiger partial charge in [0.25, 0.3) is 0 Å². The van der Waals surface area contributed by atoms with E-state index in [1.807, 2.05) is 18.9 Å². The highest BCUT2D eigenvalue weighted by Crippen LogP contribution is 2.21. The fourth-order valence-electron chi connectivity index (χ4n) is 1.72. The van der Waals surface area contributed by atoms with Crippen molar-refractivity contribution in [3.05, 3.63) is 29.6 Å². The lowest BCUT2D eigenvalue weighted by Crippen LogP contribution is -2.32. The summed E-state index contributed by atoms with van der Waals surface area (Å²) in [4.78, 5) is 12.8. The molecule has 1 aromatic rings. The molecule has 0 aliphatic heterocycles. The summed E-state index contributed by atoms with van der Waals surface area (Å²) in [6.07, 6.45) is 0.292. The topological polar surface area (TPSA) is 55.6 Å². The van der Waals surface area contributed by atoms with Crippen LogP contribution in [-0.2, 0) is 11.3 Å². The van der Waals surface area contributed by atoms with Crippen LogP contribution < -0.4 is 10.5 Å². The van der Waals surface area contributed by atoms with Crippen LogP contribution in [0.2, 0.25) is 0 Å². The van der Waals surface area contributed by atoms with Crippen LogP contribution in [0.1, 0.15) is 18.9 Å². The number of halogens is 1. The number of hydrogen-bond acceptors (Lipinski definition) is 3. The van der Waals surface area contributed by atoms with Gasteiger partial charge in [0.05, 0.1) is 7.11 Å². The number of nitrogens with two attached hydrogens (primary N) is 1. The Labute approximate surface area is 107 Å². The van der Waals surface area contributed by atoms with Gasteiger partial charge in [-0.3, -0.25) is 9.69 Å². The molecule has 1 amide bonds. The molecule has 4 nitrogen and oxygen atoms in total. The molecular formula is C13H19FN2O2. The number of primary amides is 1. The molecule has 0 aliphatic carbocycles. The van der Waals surface area contributed by atoms with E-state index in [-0.39, 0.29) is 17.8 Å². The Morgan fingerprint density at radius 3 is 2.78 bits per heavy atom. The number of ether oxygens (including phenoxy) is 1. The molecule has 0 fully saturated rings. The number of benzene rings is 1. The largest absolute Gasteiger partial charge is 0.496 e. The first-order valence-electron chi connectivity index (χ1n) is 5.75. The van der Waals surface area contributed by atoms with Gasteiger partial charge < -0.3 is 10.5 Å².